The lowest BCUT2D eigenvalue weighted by molar-refractivity contribution is -0.383. The summed E-state index contributed by atoms with van der Waals surface area (Å²) in [6, 6.07) is 5.15. The van der Waals surface area contributed by atoms with Crippen LogP contribution in [0, 0.1) is 16.0 Å². The first-order valence-electron chi connectivity index (χ1n) is 6.53. The summed E-state index contributed by atoms with van der Waals surface area (Å²) in [7, 11) is 0. The van der Waals surface area contributed by atoms with E-state index in [1.54, 1.807) is 12.1 Å². The molecule has 6 nitrogen and oxygen atoms in total. The molecule has 1 fully saturated rings. The van der Waals surface area contributed by atoms with Crippen molar-refractivity contribution in [1.82, 2.24) is 0 Å². The van der Waals surface area contributed by atoms with Gasteiger partial charge in [0.1, 0.15) is 5.69 Å². The van der Waals surface area contributed by atoms with Crippen LogP contribution in [0.4, 0.5) is 17.1 Å². The van der Waals surface area contributed by atoms with Crippen molar-refractivity contribution < 1.29 is 4.92 Å². The summed E-state index contributed by atoms with van der Waals surface area (Å²) in [5.41, 5.74) is 12.8. The topological polar surface area (TPSA) is 98.4 Å². The second kappa shape index (κ2) is 5.44. The van der Waals surface area contributed by atoms with E-state index in [9.17, 15) is 10.1 Å². The third-order valence-electron chi connectivity index (χ3n) is 3.86. The Labute approximate surface area is 112 Å². The maximum absolute atomic E-state index is 10.7. The first kappa shape index (κ1) is 13.6. The molecule has 1 unspecified atom stereocenters. The molecule has 0 spiro atoms. The summed E-state index contributed by atoms with van der Waals surface area (Å²) in [4.78, 5) is 12.5. The Morgan fingerprint density at radius 3 is 2.53 bits per heavy atom. The predicted octanol–water partition coefficient (Wildman–Crippen LogP) is 1.74. The van der Waals surface area contributed by atoms with Gasteiger partial charge in [0.25, 0.3) is 5.69 Å². The molecule has 104 valence electrons. The third kappa shape index (κ3) is 2.96. The number of benzene rings is 1. The molecular weight excluding hydrogens is 244 g/mol. The highest BCUT2D eigenvalue weighted by Gasteiger charge is 2.23. The molecule has 1 saturated heterocycles. The minimum absolute atomic E-state index is 0.0331. The molecule has 19 heavy (non-hydrogen) atoms. The van der Waals surface area contributed by atoms with Crippen molar-refractivity contribution in [2.24, 2.45) is 11.7 Å². The summed E-state index contributed by atoms with van der Waals surface area (Å²) in [5.74, 6) is 0.562. The van der Waals surface area contributed by atoms with E-state index < -0.39 is 4.92 Å². The normalized spacial score (nSPS) is 18.3. The van der Waals surface area contributed by atoms with Crippen LogP contribution in [0.1, 0.15) is 19.8 Å². The van der Waals surface area contributed by atoms with Gasteiger partial charge in [-0.3, -0.25) is 10.1 Å². The first-order valence-corrected chi connectivity index (χ1v) is 6.53. The average molecular weight is 264 g/mol. The van der Waals surface area contributed by atoms with Gasteiger partial charge in [0.05, 0.1) is 4.92 Å². The van der Waals surface area contributed by atoms with E-state index in [0.29, 0.717) is 5.92 Å². The molecule has 1 heterocycles. The summed E-state index contributed by atoms with van der Waals surface area (Å²) in [5, 5.41) is 10.7. The molecule has 1 aliphatic rings. The number of hydrogen-bond donors (Lipinski definition) is 2. The quantitative estimate of drug-likeness (QED) is 0.492. The highest BCUT2D eigenvalue weighted by Crippen LogP contribution is 2.30. The van der Waals surface area contributed by atoms with Gasteiger partial charge in [-0.05, 0) is 37.8 Å². The van der Waals surface area contributed by atoms with Gasteiger partial charge >= 0.3 is 0 Å². The van der Waals surface area contributed by atoms with E-state index in [1.165, 1.54) is 6.07 Å². The van der Waals surface area contributed by atoms with Gasteiger partial charge in [-0.25, -0.2) is 0 Å². The van der Waals surface area contributed by atoms with E-state index in [4.69, 9.17) is 11.5 Å². The Kier molecular flexibility index (Phi) is 3.90. The number of nitro groups is 1. The molecule has 0 bridgehead atoms. The van der Waals surface area contributed by atoms with E-state index in [1.807, 2.05) is 6.92 Å². The van der Waals surface area contributed by atoms with Gasteiger partial charge in [0.2, 0.25) is 0 Å². The number of nitro benzene ring substituents is 1. The van der Waals surface area contributed by atoms with Crippen LogP contribution in [-0.2, 0) is 0 Å². The molecule has 0 radical (unpaired) electrons. The fourth-order valence-electron chi connectivity index (χ4n) is 2.59. The van der Waals surface area contributed by atoms with E-state index in [2.05, 4.69) is 4.90 Å². The minimum atomic E-state index is -0.457. The van der Waals surface area contributed by atoms with Crippen molar-refractivity contribution in [3.05, 3.63) is 28.3 Å². The number of rotatable bonds is 3. The number of piperidine rings is 1. The van der Waals surface area contributed by atoms with Gasteiger partial charge in [-0.2, -0.15) is 0 Å². The van der Waals surface area contributed by atoms with Gasteiger partial charge in [0, 0.05) is 30.9 Å². The number of hydrogen-bond acceptors (Lipinski definition) is 5. The maximum atomic E-state index is 10.7. The Hall–Kier alpha value is -1.82. The standard InChI is InChI=1S/C13H20N4O2/c1-9(14)10-4-6-16(7-5-10)11-2-3-13(17(18)19)12(15)8-11/h2-3,8-10H,4-7,14-15H2,1H3. The monoisotopic (exact) mass is 264 g/mol. The van der Waals surface area contributed by atoms with Crippen LogP contribution in [0.15, 0.2) is 18.2 Å². The number of nitrogens with two attached hydrogens (primary N) is 2. The molecule has 1 aromatic rings. The first-order chi connectivity index (χ1) is 8.99. The molecule has 0 amide bonds. The summed E-state index contributed by atoms with van der Waals surface area (Å²) < 4.78 is 0. The zero-order valence-corrected chi connectivity index (χ0v) is 11.1. The minimum Gasteiger partial charge on any atom is -0.393 e. The lowest BCUT2D eigenvalue weighted by atomic mass is 9.91. The van der Waals surface area contributed by atoms with Crippen molar-refractivity contribution in [3.63, 3.8) is 0 Å². The Bertz CT molecular complexity index is 468. The highest BCUT2D eigenvalue weighted by atomic mass is 16.6. The van der Waals surface area contributed by atoms with Crippen molar-refractivity contribution in [2.75, 3.05) is 23.7 Å². The van der Waals surface area contributed by atoms with Gasteiger partial charge in [-0.1, -0.05) is 0 Å². The Morgan fingerprint density at radius 2 is 2.05 bits per heavy atom. The largest absolute Gasteiger partial charge is 0.393 e. The van der Waals surface area contributed by atoms with Gasteiger partial charge in [0.15, 0.2) is 0 Å². The van der Waals surface area contributed by atoms with Crippen molar-refractivity contribution in [1.29, 1.82) is 0 Å². The van der Waals surface area contributed by atoms with Crippen molar-refractivity contribution in [3.8, 4) is 0 Å². The molecule has 4 N–H and O–H groups in total. The number of nitrogen functional groups attached to an aromatic ring is 1. The molecule has 6 heteroatoms. The van der Waals surface area contributed by atoms with Crippen LogP contribution in [0.5, 0.6) is 0 Å². The molecule has 2 rings (SSSR count). The van der Waals surface area contributed by atoms with Crippen LogP contribution in [0.3, 0.4) is 0 Å². The van der Waals surface area contributed by atoms with E-state index in [0.717, 1.165) is 31.6 Å². The predicted molar refractivity (Wildman–Crippen MR) is 76.1 cm³/mol. The Balaban J connectivity index is 2.08. The summed E-state index contributed by atoms with van der Waals surface area (Å²) in [6.07, 6.45) is 2.10. The highest BCUT2D eigenvalue weighted by molar-refractivity contribution is 5.66. The second-order valence-electron chi connectivity index (χ2n) is 5.18. The molecule has 0 saturated carbocycles. The molecule has 1 atom stereocenters. The van der Waals surface area contributed by atoms with Gasteiger partial charge < -0.3 is 16.4 Å². The molecule has 1 aliphatic heterocycles. The fraction of sp³-hybridized carbons (Fsp3) is 0.538. The zero-order chi connectivity index (χ0) is 14.0. The van der Waals surface area contributed by atoms with Crippen LogP contribution < -0.4 is 16.4 Å². The van der Waals surface area contributed by atoms with Crippen LogP contribution >= 0.6 is 0 Å². The van der Waals surface area contributed by atoms with Crippen LogP contribution in [-0.4, -0.2) is 24.1 Å². The SMILES string of the molecule is CC(N)C1CCN(c2ccc([N+](=O)[O-])c(N)c2)CC1. The van der Waals surface area contributed by atoms with E-state index in [-0.39, 0.29) is 17.4 Å². The third-order valence-corrected chi connectivity index (χ3v) is 3.86. The van der Waals surface area contributed by atoms with Crippen molar-refractivity contribution >= 4 is 17.1 Å². The van der Waals surface area contributed by atoms with Crippen molar-refractivity contribution in [2.45, 2.75) is 25.8 Å². The molecule has 1 aromatic carbocycles. The zero-order valence-electron chi connectivity index (χ0n) is 11.1. The lowest BCUT2D eigenvalue weighted by Crippen LogP contribution is -2.39. The van der Waals surface area contributed by atoms with Crippen LogP contribution in [0.25, 0.3) is 0 Å². The second-order valence-corrected chi connectivity index (χ2v) is 5.18. The van der Waals surface area contributed by atoms with Gasteiger partial charge in [-0.15, -0.1) is 0 Å². The molecule has 0 aromatic heterocycles. The molecule has 0 aliphatic carbocycles. The fourth-order valence-corrected chi connectivity index (χ4v) is 2.59. The maximum Gasteiger partial charge on any atom is 0.292 e. The van der Waals surface area contributed by atoms with E-state index >= 15 is 0 Å². The summed E-state index contributed by atoms with van der Waals surface area (Å²) in [6.45, 7) is 3.89. The summed E-state index contributed by atoms with van der Waals surface area (Å²) >= 11 is 0. The number of anilines is 2. The smallest absolute Gasteiger partial charge is 0.292 e. The number of nitrogens with zero attached hydrogens (tertiary/aromatic N) is 2. The lowest BCUT2D eigenvalue weighted by Gasteiger charge is -2.35. The van der Waals surface area contributed by atoms with Crippen LogP contribution in [0.2, 0.25) is 0 Å². The Morgan fingerprint density at radius 1 is 1.42 bits per heavy atom. The average Bonchev–Trinajstić information content (AvgIpc) is 2.38. The molecular formula is C13H20N4O2.